The van der Waals surface area contributed by atoms with E-state index in [0.717, 1.165) is 5.56 Å². The van der Waals surface area contributed by atoms with Gasteiger partial charge in [-0.1, -0.05) is 19.1 Å². The summed E-state index contributed by atoms with van der Waals surface area (Å²) in [4.78, 5) is 0.126. The van der Waals surface area contributed by atoms with Gasteiger partial charge in [0.05, 0.1) is 10.1 Å². The van der Waals surface area contributed by atoms with Crippen molar-refractivity contribution in [1.29, 1.82) is 0 Å². The molecule has 0 atom stereocenters. The van der Waals surface area contributed by atoms with Crippen LogP contribution in [0.25, 0.3) is 0 Å². The molecule has 26 heavy (non-hydrogen) atoms. The summed E-state index contributed by atoms with van der Waals surface area (Å²) in [6.45, 7) is 3.56. The van der Waals surface area contributed by atoms with Gasteiger partial charge in [0.25, 0.3) is 0 Å². The van der Waals surface area contributed by atoms with Gasteiger partial charge in [-0.25, -0.2) is 16.8 Å². The van der Waals surface area contributed by atoms with Gasteiger partial charge in [-0.2, -0.15) is 4.31 Å². The summed E-state index contributed by atoms with van der Waals surface area (Å²) < 4.78 is 55.7. The Morgan fingerprint density at radius 2 is 1.65 bits per heavy atom. The summed E-state index contributed by atoms with van der Waals surface area (Å²) in [5.41, 5.74) is 1.07. The lowest BCUT2D eigenvalue weighted by atomic mass is 10.2. The lowest BCUT2D eigenvalue weighted by Gasteiger charge is -2.37. The smallest absolute Gasteiger partial charge is 0.243 e. The Morgan fingerprint density at radius 1 is 1.00 bits per heavy atom. The topological polar surface area (TPSA) is 80.8 Å². The lowest BCUT2D eigenvalue weighted by Crippen LogP contribution is -2.56. The Hall–Kier alpha value is -1.90. The number of rotatable bonds is 6. The second-order valence-electron chi connectivity index (χ2n) is 6.29. The first-order valence-electron chi connectivity index (χ1n) is 8.28. The lowest BCUT2D eigenvalue weighted by molar-refractivity contribution is 0.310. The van der Waals surface area contributed by atoms with Crippen molar-refractivity contribution in [1.82, 2.24) is 4.31 Å². The van der Waals surface area contributed by atoms with Crippen LogP contribution in [0.4, 0.5) is 0 Å². The third-order valence-corrected chi connectivity index (χ3v) is 8.38. The van der Waals surface area contributed by atoms with Crippen molar-refractivity contribution in [3.63, 3.8) is 0 Å². The minimum absolute atomic E-state index is 0.0139. The highest BCUT2D eigenvalue weighted by atomic mass is 32.2. The van der Waals surface area contributed by atoms with Gasteiger partial charge in [0.2, 0.25) is 10.0 Å². The Bertz CT molecular complexity index is 992. The number of benzene rings is 2. The van der Waals surface area contributed by atoms with E-state index in [4.69, 9.17) is 4.74 Å². The van der Waals surface area contributed by atoms with Gasteiger partial charge in [-0.05, 0) is 48.9 Å². The van der Waals surface area contributed by atoms with Crippen molar-refractivity contribution in [3.8, 4) is 11.5 Å². The molecule has 1 fully saturated rings. The minimum atomic E-state index is -3.69. The molecule has 0 bridgehead atoms. The van der Waals surface area contributed by atoms with Crippen molar-refractivity contribution in [2.75, 3.05) is 18.8 Å². The average Bonchev–Trinajstić information content (AvgIpc) is 2.53. The molecule has 3 rings (SSSR count). The number of ether oxygens (including phenoxy) is 1. The summed E-state index contributed by atoms with van der Waals surface area (Å²) in [5.74, 6) is 1.23. The molecule has 0 aromatic heterocycles. The van der Waals surface area contributed by atoms with Crippen LogP contribution in [0.1, 0.15) is 12.5 Å². The average molecular weight is 396 g/mol. The first-order chi connectivity index (χ1) is 12.2. The van der Waals surface area contributed by atoms with E-state index in [1.807, 2.05) is 31.2 Å². The van der Waals surface area contributed by atoms with Gasteiger partial charge in [0.15, 0.2) is 9.84 Å². The van der Waals surface area contributed by atoms with E-state index in [1.54, 1.807) is 19.1 Å². The van der Waals surface area contributed by atoms with Crippen LogP contribution in [0.15, 0.2) is 53.4 Å². The number of aryl methyl sites for hydroxylation is 1. The zero-order valence-corrected chi connectivity index (χ0v) is 16.3. The summed E-state index contributed by atoms with van der Waals surface area (Å²) >= 11 is 0. The van der Waals surface area contributed by atoms with Crippen LogP contribution in [0.5, 0.6) is 11.5 Å². The summed E-state index contributed by atoms with van der Waals surface area (Å²) in [6.07, 6.45) is 0. The summed E-state index contributed by atoms with van der Waals surface area (Å²) in [6, 6.07) is 13.7. The van der Waals surface area contributed by atoms with Gasteiger partial charge in [-0.15, -0.1) is 0 Å². The molecule has 2 aromatic carbocycles. The van der Waals surface area contributed by atoms with Gasteiger partial charge in [0, 0.05) is 18.8 Å². The maximum Gasteiger partial charge on any atom is 0.243 e. The predicted molar refractivity (Wildman–Crippen MR) is 99.7 cm³/mol. The van der Waals surface area contributed by atoms with Crippen molar-refractivity contribution in [3.05, 3.63) is 54.1 Å². The highest BCUT2D eigenvalue weighted by molar-refractivity contribution is 7.92. The maximum absolute atomic E-state index is 12.6. The fourth-order valence-corrected chi connectivity index (χ4v) is 5.71. The normalized spacial score (nSPS) is 16.2. The van der Waals surface area contributed by atoms with Crippen molar-refractivity contribution in [2.24, 2.45) is 0 Å². The van der Waals surface area contributed by atoms with Crippen molar-refractivity contribution >= 4 is 19.9 Å². The van der Waals surface area contributed by atoms with Crippen LogP contribution < -0.4 is 4.74 Å². The first-order valence-corrected chi connectivity index (χ1v) is 11.4. The largest absolute Gasteiger partial charge is 0.457 e. The number of hydrogen-bond donors (Lipinski definition) is 0. The van der Waals surface area contributed by atoms with E-state index in [1.165, 1.54) is 16.4 Å². The van der Waals surface area contributed by atoms with Gasteiger partial charge in [0.1, 0.15) is 11.5 Å². The minimum Gasteiger partial charge on any atom is -0.457 e. The fourth-order valence-electron chi connectivity index (χ4n) is 2.70. The Balaban J connectivity index is 1.70. The van der Waals surface area contributed by atoms with E-state index in [0.29, 0.717) is 11.5 Å². The molecule has 6 nitrogen and oxygen atoms in total. The molecule has 1 heterocycles. The molecule has 0 saturated carbocycles. The van der Waals surface area contributed by atoms with Gasteiger partial charge in [-0.3, -0.25) is 0 Å². The Kier molecular flexibility index (Phi) is 5.09. The molecule has 1 saturated heterocycles. The van der Waals surface area contributed by atoms with Crippen LogP contribution in [0.3, 0.4) is 0 Å². The number of sulfonamides is 1. The molecule has 2 aromatic rings. The first kappa shape index (κ1) is 18.9. The second-order valence-corrected chi connectivity index (χ2v) is 10.8. The number of nitrogens with zero attached hydrogens (tertiary/aromatic N) is 1. The summed E-state index contributed by atoms with van der Waals surface area (Å²) in [5, 5.41) is -0.605. The molecule has 0 aliphatic carbocycles. The molecule has 0 N–H and O–H groups in total. The van der Waals surface area contributed by atoms with E-state index in [-0.39, 0.29) is 23.7 Å². The monoisotopic (exact) mass is 395 g/mol. The molecular formula is C18H21NO5S2. The molecule has 0 amide bonds. The quantitative estimate of drug-likeness (QED) is 0.751. The molecule has 8 heteroatoms. The standard InChI is InChI=1S/C18H21NO5S2/c1-3-25(20,21)18-12-19(13-18)26(22,23)17-9-7-15(8-10-17)24-16-6-4-5-14(2)11-16/h4-11,18H,3,12-13H2,1-2H3. The van der Waals surface area contributed by atoms with Crippen LogP contribution in [0, 0.1) is 6.92 Å². The molecule has 1 aliphatic rings. The molecule has 0 unspecified atom stereocenters. The van der Waals surface area contributed by atoms with E-state index in [2.05, 4.69) is 0 Å². The third kappa shape index (κ3) is 3.77. The zero-order valence-electron chi connectivity index (χ0n) is 14.6. The van der Waals surface area contributed by atoms with Crippen LogP contribution in [0.2, 0.25) is 0 Å². The Morgan fingerprint density at radius 3 is 2.23 bits per heavy atom. The van der Waals surface area contributed by atoms with Crippen molar-refractivity contribution < 1.29 is 21.6 Å². The maximum atomic E-state index is 12.6. The Labute approximate surface area is 154 Å². The highest BCUT2D eigenvalue weighted by Crippen LogP contribution is 2.28. The molecule has 140 valence electrons. The molecule has 0 spiro atoms. The molecule has 0 radical (unpaired) electrons. The summed E-state index contributed by atoms with van der Waals surface area (Å²) in [7, 11) is -6.89. The second kappa shape index (κ2) is 7.02. The van der Waals surface area contributed by atoms with Gasteiger partial charge < -0.3 is 4.74 Å². The van der Waals surface area contributed by atoms with Crippen LogP contribution in [-0.4, -0.2) is 45.2 Å². The zero-order chi connectivity index (χ0) is 18.9. The van der Waals surface area contributed by atoms with E-state index in [9.17, 15) is 16.8 Å². The highest BCUT2D eigenvalue weighted by Gasteiger charge is 2.42. The SMILES string of the molecule is CCS(=O)(=O)C1CN(S(=O)(=O)c2ccc(Oc3cccc(C)c3)cc2)C1. The van der Waals surface area contributed by atoms with E-state index < -0.39 is 25.1 Å². The van der Waals surface area contributed by atoms with Crippen LogP contribution in [-0.2, 0) is 19.9 Å². The molecule has 1 aliphatic heterocycles. The predicted octanol–water partition coefficient (Wildman–Crippen LogP) is 2.59. The van der Waals surface area contributed by atoms with Gasteiger partial charge >= 0.3 is 0 Å². The molecular weight excluding hydrogens is 374 g/mol. The number of sulfone groups is 1. The van der Waals surface area contributed by atoms with E-state index >= 15 is 0 Å². The third-order valence-electron chi connectivity index (χ3n) is 4.41. The number of hydrogen-bond acceptors (Lipinski definition) is 5. The van der Waals surface area contributed by atoms with Crippen molar-refractivity contribution in [2.45, 2.75) is 24.0 Å². The van der Waals surface area contributed by atoms with Crippen LogP contribution >= 0.6 is 0 Å². The fraction of sp³-hybridized carbons (Fsp3) is 0.333.